The van der Waals surface area contributed by atoms with Gasteiger partial charge in [-0.2, -0.15) is 4.31 Å². The number of aromatic nitrogens is 1. The van der Waals surface area contributed by atoms with E-state index in [0.717, 1.165) is 15.9 Å². The number of hydrogen-bond donors (Lipinski definition) is 1. The van der Waals surface area contributed by atoms with Gasteiger partial charge in [-0.3, -0.25) is 4.79 Å². The summed E-state index contributed by atoms with van der Waals surface area (Å²) in [5.41, 5.74) is 1.46. The summed E-state index contributed by atoms with van der Waals surface area (Å²) >= 11 is 1.42. The summed E-state index contributed by atoms with van der Waals surface area (Å²) in [6.07, 6.45) is 0.638. The molecule has 0 aliphatic rings. The second-order valence-electron chi connectivity index (χ2n) is 6.96. The van der Waals surface area contributed by atoms with Gasteiger partial charge in [-0.05, 0) is 42.8 Å². The van der Waals surface area contributed by atoms with Crippen LogP contribution >= 0.6 is 11.8 Å². The van der Waals surface area contributed by atoms with Crippen molar-refractivity contribution in [1.29, 1.82) is 0 Å². The van der Waals surface area contributed by atoms with E-state index < -0.39 is 10.0 Å². The topological polar surface area (TPSA) is 79.4 Å². The van der Waals surface area contributed by atoms with Gasteiger partial charge in [-0.15, -0.1) is 0 Å². The van der Waals surface area contributed by atoms with Gasteiger partial charge in [-0.25, -0.2) is 13.4 Å². The van der Waals surface area contributed by atoms with E-state index in [2.05, 4.69) is 10.3 Å². The molecular formula is C23H27N3O3S2. The zero-order valence-corrected chi connectivity index (χ0v) is 19.5. The summed E-state index contributed by atoms with van der Waals surface area (Å²) in [4.78, 5) is 17.7. The first-order valence-electron chi connectivity index (χ1n) is 10.3. The molecule has 1 N–H and O–H groups in total. The Hall–Kier alpha value is -2.42. The van der Waals surface area contributed by atoms with Gasteiger partial charge in [0.1, 0.15) is 0 Å². The number of para-hydroxylation sites is 1. The third-order valence-electron chi connectivity index (χ3n) is 4.96. The molecule has 1 heterocycles. The lowest BCUT2D eigenvalue weighted by Crippen LogP contribution is -2.30. The van der Waals surface area contributed by atoms with Crippen molar-refractivity contribution < 1.29 is 13.2 Å². The zero-order valence-electron chi connectivity index (χ0n) is 17.9. The smallest absolute Gasteiger partial charge is 0.243 e. The van der Waals surface area contributed by atoms with Crippen LogP contribution in [-0.2, 0) is 14.8 Å². The molecule has 0 aliphatic carbocycles. The zero-order chi connectivity index (χ0) is 22.4. The number of carbonyl (C=O) groups is 1. The lowest BCUT2D eigenvalue weighted by Gasteiger charge is -2.19. The van der Waals surface area contributed by atoms with E-state index in [1.807, 2.05) is 57.2 Å². The fourth-order valence-corrected chi connectivity index (χ4v) is 5.61. The Morgan fingerprint density at radius 3 is 2.32 bits per heavy atom. The highest BCUT2D eigenvalue weighted by Gasteiger charge is 2.22. The maximum atomic E-state index is 12.8. The second kappa shape index (κ2) is 10.3. The molecule has 2 aromatic carbocycles. The molecule has 0 radical (unpaired) electrons. The average Bonchev–Trinajstić information content (AvgIpc) is 2.78. The highest BCUT2D eigenvalue weighted by Crippen LogP contribution is 2.27. The second-order valence-corrected chi connectivity index (χ2v) is 10.1. The summed E-state index contributed by atoms with van der Waals surface area (Å²) in [6.45, 7) is 6.40. The van der Waals surface area contributed by atoms with Gasteiger partial charge >= 0.3 is 0 Å². The number of carbonyl (C=O) groups excluding carboxylic acids is 1. The molecule has 3 aromatic rings. The van der Waals surface area contributed by atoms with Crippen molar-refractivity contribution in [3.05, 3.63) is 60.7 Å². The van der Waals surface area contributed by atoms with Crippen LogP contribution < -0.4 is 5.32 Å². The van der Waals surface area contributed by atoms with Crippen LogP contribution in [0.25, 0.3) is 10.9 Å². The monoisotopic (exact) mass is 457 g/mol. The highest BCUT2D eigenvalue weighted by molar-refractivity contribution is 8.00. The molecule has 31 heavy (non-hydrogen) atoms. The molecule has 1 unspecified atom stereocenters. The minimum Gasteiger partial charge on any atom is -0.325 e. The van der Waals surface area contributed by atoms with E-state index in [9.17, 15) is 13.2 Å². The van der Waals surface area contributed by atoms with Crippen molar-refractivity contribution in [2.24, 2.45) is 0 Å². The fraction of sp³-hybridized carbons (Fsp3) is 0.304. The summed E-state index contributed by atoms with van der Waals surface area (Å²) < 4.78 is 26.6. The summed E-state index contributed by atoms with van der Waals surface area (Å²) in [5.74, 6) is -0.137. The van der Waals surface area contributed by atoms with E-state index in [1.165, 1.54) is 28.2 Å². The molecular weight excluding hydrogens is 430 g/mol. The van der Waals surface area contributed by atoms with Crippen molar-refractivity contribution >= 4 is 44.3 Å². The molecule has 0 spiro atoms. The van der Waals surface area contributed by atoms with E-state index in [-0.39, 0.29) is 16.1 Å². The fourth-order valence-electron chi connectivity index (χ4n) is 3.23. The maximum Gasteiger partial charge on any atom is 0.243 e. The Morgan fingerprint density at radius 1 is 1.00 bits per heavy atom. The van der Waals surface area contributed by atoms with Crippen LogP contribution in [0.3, 0.4) is 0 Å². The molecule has 1 amide bonds. The van der Waals surface area contributed by atoms with Gasteiger partial charge in [0.05, 0.1) is 20.7 Å². The van der Waals surface area contributed by atoms with Crippen LogP contribution in [0.4, 0.5) is 5.69 Å². The highest BCUT2D eigenvalue weighted by atomic mass is 32.2. The number of nitrogens with one attached hydrogen (secondary N) is 1. The van der Waals surface area contributed by atoms with Gasteiger partial charge in [0.15, 0.2) is 0 Å². The van der Waals surface area contributed by atoms with E-state index >= 15 is 0 Å². The van der Waals surface area contributed by atoms with E-state index in [4.69, 9.17) is 0 Å². The lowest BCUT2D eigenvalue weighted by molar-refractivity contribution is -0.115. The number of pyridine rings is 1. The Balaban J connectivity index is 1.70. The van der Waals surface area contributed by atoms with Crippen LogP contribution in [0.1, 0.15) is 27.2 Å². The Bertz CT molecular complexity index is 1140. The number of fused-ring (bicyclic) bond motifs is 1. The number of thioether (sulfide) groups is 1. The lowest BCUT2D eigenvalue weighted by atomic mass is 10.2. The summed E-state index contributed by atoms with van der Waals surface area (Å²) in [5, 5.41) is 4.43. The molecule has 0 aliphatic heterocycles. The molecule has 0 saturated carbocycles. The molecule has 6 nitrogen and oxygen atoms in total. The first-order valence-corrected chi connectivity index (χ1v) is 12.6. The Kier molecular flexibility index (Phi) is 7.69. The van der Waals surface area contributed by atoms with Crippen molar-refractivity contribution in [2.75, 3.05) is 18.4 Å². The van der Waals surface area contributed by atoms with Gasteiger partial charge in [0.2, 0.25) is 15.9 Å². The van der Waals surface area contributed by atoms with Crippen LogP contribution in [-0.4, -0.2) is 42.0 Å². The SMILES string of the molecule is CCC(Sc1ccc2ccccc2n1)C(=O)Nc1ccc(S(=O)(=O)N(CC)CC)cc1. The summed E-state index contributed by atoms with van der Waals surface area (Å²) in [7, 11) is -3.52. The maximum absolute atomic E-state index is 12.8. The van der Waals surface area contributed by atoms with Crippen molar-refractivity contribution in [3.8, 4) is 0 Å². The van der Waals surface area contributed by atoms with Crippen LogP contribution in [0.5, 0.6) is 0 Å². The molecule has 3 rings (SSSR count). The number of rotatable bonds is 9. The number of sulfonamides is 1. The number of benzene rings is 2. The third kappa shape index (κ3) is 5.44. The van der Waals surface area contributed by atoms with E-state index in [1.54, 1.807) is 12.1 Å². The predicted molar refractivity (Wildman–Crippen MR) is 127 cm³/mol. The Labute approximate surface area is 188 Å². The van der Waals surface area contributed by atoms with Crippen LogP contribution in [0.2, 0.25) is 0 Å². The summed E-state index contributed by atoms with van der Waals surface area (Å²) in [6, 6.07) is 18.1. The van der Waals surface area contributed by atoms with Gasteiger partial charge in [0.25, 0.3) is 0 Å². The van der Waals surface area contributed by atoms with E-state index in [0.29, 0.717) is 25.2 Å². The Morgan fingerprint density at radius 2 is 1.68 bits per heavy atom. The molecule has 0 fully saturated rings. The minimum absolute atomic E-state index is 0.137. The number of amides is 1. The first-order chi connectivity index (χ1) is 14.9. The molecule has 8 heteroatoms. The van der Waals surface area contributed by atoms with Gasteiger partial charge < -0.3 is 5.32 Å². The van der Waals surface area contributed by atoms with Gasteiger partial charge in [-0.1, -0.05) is 56.8 Å². The molecule has 1 aromatic heterocycles. The number of hydrogen-bond acceptors (Lipinski definition) is 5. The minimum atomic E-state index is -3.52. The molecule has 164 valence electrons. The molecule has 1 atom stereocenters. The average molecular weight is 458 g/mol. The van der Waals surface area contributed by atoms with Crippen molar-refractivity contribution in [2.45, 2.75) is 42.4 Å². The van der Waals surface area contributed by atoms with Crippen molar-refractivity contribution in [1.82, 2.24) is 9.29 Å². The third-order valence-corrected chi connectivity index (χ3v) is 8.33. The predicted octanol–water partition coefficient (Wildman–Crippen LogP) is 4.77. The largest absolute Gasteiger partial charge is 0.325 e. The first kappa shape index (κ1) is 23.2. The number of anilines is 1. The standard InChI is InChI=1S/C23H27N3O3S2/c1-4-21(30-22-16-11-17-9-7-8-10-20(17)25-22)23(27)24-18-12-14-19(15-13-18)31(28,29)26(5-2)6-3/h7-16,21H,4-6H2,1-3H3,(H,24,27). The van der Waals surface area contributed by atoms with Crippen LogP contribution in [0, 0.1) is 0 Å². The molecule has 0 bridgehead atoms. The quantitative estimate of drug-likeness (QED) is 0.468. The van der Waals surface area contributed by atoms with Crippen LogP contribution in [0.15, 0.2) is 70.6 Å². The normalized spacial score (nSPS) is 12.8. The van der Waals surface area contributed by atoms with Crippen molar-refractivity contribution in [3.63, 3.8) is 0 Å². The molecule has 0 saturated heterocycles. The number of nitrogens with zero attached hydrogens (tertiary/aromatic N) is 2. The van der Waals surface area contributed by atoms with Gasteiger partial charge in [0, 0.05) is 24.2 Å².